The summed E-state index contributed by atoms with van der Waals surface area (Å²) in [7, 11) is 1.63. The van der Waals surface area contributed by atoms with Crippen molar-refractivity contribution in [3.63, 3.8) is 0 Å². The molecule has 0 atom stereocenters. The lowest BCUT2D eigenvalue weighted by Gasteiger charge is -2.26. The number of methoxy groups -OCH3 is 1. The molecule has 32 heavy (non-hydrogen) atoms. The molecule has 1 aliphatic carbocycles. The number of fused-ring (bicyclic) bond motifs is 2. The first-order chi connectivity index (χ1) is 15.3. The highest BCUT2D eigenvalue weighted by Crippen LogP contribution is 2.41. The summed E-state index contributed by atoms with van der Waals surface area (Å²) in [5, 5.41) is 4.47. The summed E-state index contributed by atoms with van der Waals surface area (Å²) in [6.07, 6.45) is 1.24. The highest BCUT2D eigenvalue weighted by Gasteiger charge is 2.34. The van der Waals surface area contributed by atoms with Gasteiger partial charge in [-0.25, -0.2) is 4.98 Å². The predicted octanol–water partition coefficient (Wildman–Crippen LogP) is 6.44. The molecule has 0 saturated carbocycles. The number of ether oxygens (including phenoxy) is 1. The molecule has 0 fully saturated rings. The van der Waals surface area contributed by atoms with Crippen LogP contribution in [0.2, 0.25) is 0 Å². The second-order valence-corrected chi connectivity index (χ2v) is 10.8. The summed E-state index contributed by atoms with van der Waals surface area (Å²) in [5.41, 5.74) is 2.53. The zero-order valence-corrected chi connectivity index (χ0v) is 19.7. The van der Waals surface area contributed by atoms with Gasteiger partial charge >= 0.3 is 0 Å². The Morgan fingerprint density at radius 3 is 2.56 bits per heavy atom. The number of carbonyl (C=O) groups is 2. The van der Waals surface area contributed by atoms with Crippen LogP contribution < -0.4 is 10.1 Å². The van der Waals surface area contributed by atoms with Gasteiger partial charge in [-0.1, -0.05) is 55.5 Å². The third-order valence-electron chi connectivity index (χ3n) is 5.64. The van der Waals surface area contributed by atoms with Crippen LogP contribution in [-0.2, 0) is 6.42 Å². The minimum Gasteiger partial charge on any atom is -0.497 e. The Hall–Kier alpha value is -3.03. The van der Waals surface area contributed by atoms with Crippen molar-refractivity contribution in [2.24, 2.45) is 5.41 Å². The van der Waals surface area contributed by atoms with Crippen molar-refractivity contribution in [2.45, 2.75) is 26.7 Å². The number of carbonyl (C=O) groups excluding carboxylic acids is 2. The van der Waals surface area contributed by atoms with E-state index in [0.717, 1.165) is 39.1 Å². The van der Waals surface area contributed by atoms with Crippen LogP contribution in [-0.4, -0.2) is 23.8 Å². The molecule has 5 nitrogen and oxygen atoms in total. The molecule has 2 heterocycles. The number of rotatable bonds is 4. The molecule has 0 spiro atoms. The number of nitrogens with zero attached hydrogens (tertiary/aromatic N) is 1. The van der Waals surface area contributed by atoms with Gasteiger partial charge in [0.1, 0.15) is 10.6 Å². The van der Waals surface area contributed by atoms with Crippen LogP contribution in [0.5, 0.6) is 5.75 Å². The Labute approximate surface area is 194 Å². The fraction of sp³-hybridized carbons (Fsp3) is 0.240. The van der Waals surface area contributed by atoms with Gasteiger partial charge in [0.2, 0.25) is 0 Å². The summed E-state index contributed by atoms with van der Waals surface area (Å²) in [5.74, 6) is 0.658. The minimum atomic E-state index is -0.213. The van der Waals surface area contributed by atoms with Crippen LogP contribution in [0.15, 0.2) is 48.5 Å². The largest absolute Gasteiger partial charge is 0.497 e. The van der Waals surface area contributed by atoms with Gasteiger partial charge in [-0.2, -0.15) is 0 Å². The number of ketones is 1. The fourth-order valence-corrected chi connectivity index (χ4v) is 6.21. The van der Waals surface area contributed by atoms with Gasteiger partial charge in [-0.3, -0.25) is 14.9 Å². The number of aromatic nitrogens is 1. The van der Waals surface area contributed by atoms with E-state index in [2.05, 4.69) is 24.1 Å². The van der Waals surface area contributed by atoms with Crippen molar-refractivity contribution >= 4 is 49.6 Å². The molecule has 4 aromatic rings. The maximum absolute atomic E-state index is 13.4. The maximum atomic E-state index is 13.4. The first-order valence-electron chi connectivity index (χ1n) is 10.3. The van der Waals surface area contributed by atoms with Crippen molar-refractivity contribution in [3.8, 4) is 16.9 Å². The van der Waals surface area contributed by atoms with Gasteiger partial charge in [0, 0.05) is 22.1 Å². The molecule has 0 bridgehead atoms. The second kappa shape index (κ2) is 7.83. The van der Waals surface area contributed by atoms with Crippen LogP contribution >= 0.6 is 22.7 Å². The van der Waals surface area contributed by atoms with Crippen LogP contribution in [0.1, 0.15) is 45.3 Å². The molecule has 0 saturated heterocycles. The molecule has 2 aromatic carbocycles. The van der Waals surface area contributed by atoms with Gasteiger partial charge in [0.15, 0.2) is 10.9 Å². The summed E-state index contributed by atoms with van der Waals surface area (Å²) >= 11 is 2.73. The molecule has 0 unspecified atom stereocenters. The Morgan fingerprint density at radius 1 is 1.06 bits per heavy atom. The number of hydrogen-bond acceptors (Lipinski definition) is 6. The summed E-state index contributed by atoms with van der Waals surface area (Å²) < 4.78 is 6.32. The quantitative estimate of drug-likeness (QED) is 0.379. The molecule has 7 heteroatoms. The monoisotopic (exact) mass is 462 g/mol. The lowest BCUT2D eigenvalue weighted by Crippen LogP contribution is -2.26. The third-order valence-corrected chi connectivity index (χ3v) is 7.86. The van der Waals surface area contributed by atoms with E-state index in [0.29, 0.717) is 21.3 Å². The lowest BCUT2D eigenvalue weighted by molar-refractivity contribution is 0.0915. The van der Waals surface area contributed by atoms with Gasteiger partial charge in [0.05, 0.1) is 17.7 Å². The topological polar surface area (TPSA) is 68.3 Å². The van der Waals surface area contributed by atoms with Gasteiger partial charge < -0.3 is 4.74 Å². The molecule has 1 N–H and O–H groups in total. The zero-order valence-electron chi connectivity index (χ0n) is 18.0. The van der Waals surface area contributed by atoms with Crippen molar-refractivity contribution in [3.05, 3.63) is 64.0 Å². The van der Waals surface area contributed by atoms with Crippen molar-refractivity contribution in [1.82, 2.24) is 4.98 Å². The number of amides is 1. The van der Waals surface area contributed by atoms with Crippen molar-refractivity contribution in [1.29, 1.82) is 0 Å². The van der Waals surface area contributed by atoms with E-state index in [1.165, 1.54) is 22.7 Å². The Balaban J connectivity index is 1.53. The molecule has 162 valence electrons. The Morgan fingerprint density at radius 2 is 1.81 bits per heavy atom. The molecular weight excluding hydrogens is 440 g/mol. The van der Waals surface area contributed by atoms with E-state index in [-0.39, 0.29) is 17.1 Å². The summed E-state index contributed by atoms with van der Waals surface area (Å²) in [6, 6.07) is 15.7. The first kappa shape index (κ1) is 20.8. The standard InChI is InChI=1S/C25H22N2O3S2/c1-25(2)12-17-21(18(28)13-25)32-24(26-17)27-23(29)22-20(14-8-10-15(30-3)11-9-14)16-6-4-5-7-19(16)31-22/h4-11H,12-13H2,1-3H3,(H,26,27,29). The number of hydrogen-bond donors (Lipinski definition) is 1. The van der Waals surface area contributed by atoms with Crippen molar-refractivity contribution < 1.29 is 14.3 Å². The maximum Gasteiger partial charge on any atom is 0.268 e. The van der Waals surface area contributed by atoms with E-state index in [9.17, 15) is 9.59 Å². The zero-order chi connectivity index (χ0) is 22.5. The second-order valence-electron chi connectivity index (χ2n) is 8.72. The third kappa shape index (κ3) is 3.72. The highest BCUT2D eigenvalue weighted by molar-refractivity contribution is 7.22. The lowest BCUT2D eigenvalue weighted by atomic mass is 9.78. The van der Waals surface area contributed by atoms with Gasteiger partial charge in [-0.15, -0.1) is 11.3 Å². The van der Waals surface area contributed by atoms with Crippen LogP contribution in [0.3, 0.4) is 0 Å². The first-order valence-corrected chi connectivity index (χ1v) is 12.0. The highest BCUT2D eigenvalue weighted by atomic mass is 32.1. The summed E-state index contributed by atoms with van der Waals surface area (Å²) in [4.78, 5) is 31.8. The molecule has 5 rings (SSSR count). The molecule has 0 radical (unpaired) electrons. The minimum absolute atomic E-state index is 0.105. The average Bonchev–Trinajstić information content (AvgIpc) is 3.34. The molecular formula is C25H22N2O3S2. The number of anilines is 1. The normalized spacial score (nSPS) is 14.9. The smallest absolute Gasteiger partial charge is 0.268 e. The molecule has 0 aliphatic heterocycles. The SMILES string of the molecule is COc1ccc(-c2c(C(=O)Nc3nc4c(s3)C(=O)CC(C)(C)C4)sc3ccccc23)cc1. The molecule has 2 aromatic heterocycles. The number of nitrogens with one attached hydrogen (secondary N) is 1. The number of thiazole rings is 1. The number of benzene rings is 2. The Kier molecular flexibility index (Phi) is 5.10. The Bertz CT molecular complexity index is 1350. The van der Waals surface area contributed by atoms with Gasteiger partial charge in [0.25, 0.3) is 5.91 Å². The van der Waals surface area contributed by atoms with E-state index < -0.39 is 0 Å². The van der Waals surface area contributed by atoms with E-state index in [1.54, 1.807) is 7.11 Å². The van der Waals surface area contributed by atoms with E-state index >= 15 is 0 Å². The average molecular weight is 463 g/mol. The van der Waals surface area contributed by atoms with Gasteiger partial charge in [-0.05, 0) is 35.6 Å². The van der Waals surface area contributed by atoms with Crippen molar-refractivity contribution in [2.75, 3.05) is 12.4 Å². The number of thiophene rings is 1. The van der Waals surface area contributed by atoms with E-state index in [4.69, 9.17) is 4.74 Å². The summed E-state index contributed by atoms with van der Waals surface area (Å²) in [6.45, 7) is 4.15. The fourth-order valence-electron chi connectivity index (χ4n) is 4.18. The van der Waals surface area contributed by atoms with Crippen LogP contribution in [0.25, 0.3) is 21.2 Å². The van der Waals surface area contributed by atoms with Crippen LogP contribution in [0.4, 0.5) is 5.13 Å². The van der Waals surface area contributed by atoms with Crippen LogP contribution in [0, 0.1) is 5.41 Å². The number of Topliss-reactive ketones (excluding diaryl/α,β-unsaturated/α-hetero) is 1. The molecule has 1 aliphatic rings. The molecule has 1 amide bonds. The predicted molar refractivity (Wildman–Crippen MR) is 130 cm³/mol. The van der Waals surface area contributed by atoms with E-state index in [1.807, 2.05) is 48.5 Å².